The van der Waals surface area contributed by atoms with Gasteiger partial charge in [0.05, 0.1) is 12.1 Å². The molecule has 0 aromatic carbocycles. The number of nitrogens with one attached hydrogen (secondary N) is 1. The minimum atomic E-state index is -0.215. The molecule has 4 heteroatoms. The average Bonchev–Trinajstić information content (AvgIpc) is 2.45. The Labute approximate surface area is 77.5 Å². The van der Waals surface area contributed by atoms with E-state index in [1.165, 1.54) is 7.11 Å². The molecule has 2 atom stereocenters. The van der Waals surface area contributed by atoms with E-state index in [0.29, 0.717) is 5.92 Å². The Hall–Kier alpha value is -0.640. The predicted molar refractivity (Wildman–Crippen MR) is 49.9 cm³/mol. The Morgan fingerprint density at radius 2 is 2.50 bits per heavy atom. The molecule has 1 saturated heterocycles. The van der Waals surface area contributed by atoms with Crippen molar-refractivity contribution in [3.8, 4) is 0 Å². The van der Waals surface area contributed by atoms with E-state index in [0.717, 1.165) is 17.8 Å². The van der Waals surface area contributed by atoms with E-state index in [1.54, 1.807) is 0 Å². The Balaban J connectivity index is 2.54. The van der Waals surface area contributed by atoms with E-state index in [2.05, 4.69) is 17.0 Å². The fourth-order valence-electron chi connectivity index (χ4n) is 1.39. The molecule has 1 heterocycles. The van der Waals surface area contributed by atoms with Crippen LogP contribution in [0.5, 0.6) is 0 Å². The van der Waals surface area contributed by atoms with Crippen LogP contribution in [0.3, 0.4) is 0 Å². The van der Waals surface area contributed by atoms with E-state index in [1.807, 2.05) is 0 Å². The van der Waals surface area contributed by atoms with Gasteiger partial charge in [0.15, 0.2) is 0 Å². The second kappa shape index (κ2) is 3.85. The highest BCUT2D eigenvalue weighted by atomic mass is 32.1. The monoisotopic (exact) mass is 187 g/mol. The zero-order valence-corrected chi connectivity index (χ0v) is 8.11. The second-order valence-electron chi connectivity index (χ2n) is 2.93. The molecule has 1 N–H and O–H groups in total. The van der Waals surface area contributed by atoms with Crippen molar-refractivity contribution in [1.82, 2.24) is 5.32 Å². The largest absolute Gasteiger partial charge is 0.467 e. The second-order valence-corrected chi connectivity index (χ2v) is 3.37. The maximum absolute atomic E-state index is 11.1. The quantitative estimate of drug-likeness (QED) is 0.514. The van der Waals surface area contributed by atoms with Crippen molar-refractivity contribution in [3.05, 3.63) is 0 Å². The fraction of sp³-hybridized carbons (Fsp3) is 0.750. The van der Waals surface area contributed by atoms with Crippen molar-refractivity contribution in [2.45, 2.75) is 25.8 Å². The first-order valence-electron chi connectivity index (χ1n) is 4.07. The van der Waals surface area contributed by atoms with Crippen molar-refractivity contribution in [2.75, 3.05) is 7.11 Å². The van der Waals surface area contributed by atoms with Gasteiger partial charge in [-0.25, -0.2) is 4.79 Å². The van der Waals surface area contributed by atoms with Gasteiger partial charge in [-0.1, -0.05) is 19.1 Å². The summed E-state index contributed by atoms with van der Waals surface area (Å²) in [6, 6.07) is -0.215. The molecule has 0 aliphatic carbocycles. The van der Waals surface area contributed by atoms with Crippen LogP contribution in [0.1, 0.15) is 19.8 Å². The normalized spacial score (nSPS) is 28.3. The van der Waals surface area contributed by atoms with Gasteiger partial charge in [-0.05, 0) is 12.8 Å². The molecule has 0 amide bonds. The van der Waals surface area contributed by atoms with Crippen molar-refractivity contribution in [1.29, 1.82) is 0 Å². The van der Waals surface area contributed by atoms with Crippen LogP contribution >= 0.6 is 12.2 Å². The van der Waals surface area contributed by atoms with E-state index in [-0.39, 0.29) is 12.0 Å². The maximum atomic E-state index is 11.1. The summed E-state index contributed by atoms with van der Waals surface area (Å²) >= 11 is 5.06. The fourth-order valence-corrected chi connectivity index (χ4v) is 1.79. The minimum absolute atomic E-state index is 0.215. The summed E-state index contributed by atoms with van der Waals surface area (Å²) < 4.78 is 4.61. The molecule has 1 aliphatic heterocycles. The van der Waals surface area contributed by atoms with E-state index in [9.17, 15) is 4.79 Å². The molecule has 0 aromatic rings. The number of hydrogen-bond donors (Lipinski definition) is 1. The molecule has 1 fully saturated rings. The lowest BCUT2D eigenvalue weighted by atomic mass is 10.0. The van der Waals surface area contributed by atoms with Gasteiger partial charge in [0.2, 0.25) is 0 Å². The number of methoxy groups -OCH3 is 1. The van der Waals surface area contributed by atoms with Gasteiger partial charge in [0.1, 0.15) is 6.04 Å². The summed E-state index contributed by atoms with van der Waals surface area (Å²) in [7, 11) is 1.40. The molecule has 12 heavy (non-hydrogen) atoms. The Bertz CT molecular complexity index is 203. The summed E-state index contributed by atoms with van der Waals surface area (Å²) in [5.74, 6) is 0.136. The van der Waals surface area contributed by atoms with Crippen LogP contribution in [0.15, 0.2) is 0 Å². The molecule has 0 radical (unpaired) electrons. The van der Waals surface area contributed by atoms with E-state index in [4.69, 9.17) is 12.2 Å². The predicted octanol–water partition coefficient (Wildman–Crippen LogP) is 0.875. The third-order valence-corrected chi connectivity index (χ3v) is 2.64. The van der Waals surface area contributed by atoms with Gasteiger partial charge in [-0.15, -0.1) is 0 Å². The van der Waals surface area contributed by atoms with Crippen LogP contribution in [0.25, 0.3) is 0 Å². The molecule has 68 valence electrons. The van der Waals surface area contributed by atoms with Gasteiger partial charge in [0, 0.05) is 5.92 Å². The van der Waals surface area contributed by atoms with Crippen LogP contribution in [-0.2, 0) is 9.53 Å². The molecule has 0 saturated carbocycles. The Morgan fingerprint density at radius 1 is 1.83 bits per heavy atom. The van der Waals surface area contributed by atoms with Crippen molar-refractivity contribution in [3.63, 3.8) is 0 Å². The molecule has 0 aromatic heterocycles. The lowest BCUT2D eigenvalue weighted by Crippen LogP contribution is -2.33. The average molecular weight is 187 g/mol. The highest BCUT2D eigenvalue weighted by Gasteiger charge is 2.32. The third-order valence-electron chi connectivity index (χ3n) is 2.19. The number of rotatable bonds is 2. The summed E-state index contributed by atoms with van der Waals surface area (Å²) in [5, 5.41) is 2.96. The molecular weight excluding hydrogens is 174 g/mol. The molecular formula is C8H13NO2S. The smallest absolute Gasteiger partial charge is 0.328 e. The molecule has 3 nitrogen and oxygen atoms in total. The Kier molecular flexibility index (Phi) is 3.03. The van der Waals surface area contributed by atoms with Crippen molar-refractivity contribution in [2.24, 2.45) is 5.92 Å². The van der Waals surface area contributed by atoms with Gasteiger partial charge in [0.25, 0.3) is 0 Å². The van der Waals surface area contributed by atoms with Gasteiger partial charge >= 0.3 is 5.97 Å². The first-order chi connectivity index (χ1) is 5.69. The lowest BCUT2D eigenvalue weighted by molar-refractivity contribution is -0.142. The number of thiocarbonyl (C=S) groups is 1. The van der Waals surface area contributed by atoms with Gasteiger partial charge < -0.3 is 10.1 Å². The standard InChI is InChI=1S/C8H13NO2S/c1-3-5-4-6(8(10)11-2)9-7(5)12/h5-6H,3-4H2,1-2H3,(H,9,12). The van der Waals surface area contributed by atoms with E-state index < -0.39 is 0 Å². The Morgan fingerprint density at radius 3 is 2.92 bits per heavy atom. The maximum Gasteiger partial charge on any atom is 0.328 e. The number of ether oxygens (including phenoxy) is 1. The number of esters is 1. The van der Waals surface area contributed by atoms with E-state index >= 15 is 0 Å². The van der Waals surface area contributed by atoms with Crippen LogP contribution in [0, 0.1) is 5.92 Å². The van der Waals surface area contributed by atoms with Crippen molar-refractivity contribution >= 4 is 23.2 Å². The lowest BCUT2D eigenvalue weighted by Gasteiger charge is -2.06. The summed E-state index contributed by atoms with van der Waals surface area (Å²) in [5.41, 5.74) is 0. The number of hydrogen-bond acceptors (Lipinski definition) is 3. The molecule has 2 unspecified atom stereocenters. The van der Waals surface area contributed by atoms with Crippen LogP contribution in [-0.4, -0.2) is 24.1 Å². The zero-order valence-electron chi connectivity index (χ0n) is 7.29. The summed E-state index contributed by atoms with van der Waals surface area (Å²) in [6.07, 6.45) is 1.77. The number of carbonyl (C=O) groups excluding carboxylic acids is 1. The van der Waals surface area contributed by atoms with Gasteiger partial charge in [-0.2, -0.15) is 0 Å². The third kappa shape index (κ3) is 1.75. The first kappa shape index (κ1) is 9.45. The topological polar surface area (TPSA) is 38.3 Å². The molecule has 0 bridgehead atoms. The van der Waals surface area contributed by atoms with Crippen LogP contribution in [0.2, 0.25) is 0 Å². The highest BCUT2D eigenvalue weighted by Crippen LogP contribution is 2.20. The van der Waals surface area contributed by atoms with Crippen LogP contribution in [0.4, 0.5) is 0 Å². The first-order valence-corrected chi connectivity index (χ1v) is 4.48. The molecule has 1 rings (SSSR count). The summed E-state index contributed by atoms with van der Waals surface area (Å²) in [6.45, 7) is 2.07. The highest BCUT2D eigenvalue weighted by molar-refractivity contribution is 7.80. The van der Waals surface area contributed by atoms with Crippen molar-refractivity contribution < 1.29 is 9.53 Å². The molecule has 1 aliphatic rings. The summed E-state index contributed by atoms with van der Waals surface area (Å²) in [4.78, 5) is 11.9. The van der Waals surface area contributed by atoms with Crippen LogP contribution < -0.4 is 5.32 Å². The molecule has 0 spiro atoms. The van der Waals surface area contributed by atoms with Gasteiger partial charge in [-0.3, -0.25) is 0 Å². The minimum Gasteiger partial charge on any atom is -0.467 e. The zero-order chi connectivity index (χ0) is 9.14. The SMILES string of the molecule is CCC1CC(C(=O)OC)NC1=S. The number of carbonyl (C=O) groups is 1.